The minimum absolute atomic E-state index is 0.0762. The third-order valence-corrected chi connectivity index (χ3v) is 6.26. The van der Waals surface area contributed by atoms with Crippen molar-refractivity contribution in [3.63, 3.8) is 0 Å². The molecule has 1 aliphatic rings. The van der Waals surface area contributed by atoms with Crippen LogP contribution in [0.25, 0.3) is 22.4 Å². The van der Waals surface area contributed by atoms with Gasteiger partial charge in [-0.25, -0.2) is 9.97 Å². The number of rotatable bonds is 4. The summed E-state index contributed by atoms with van der Waals surface area (Å²) in [6.07, 6.45) is 6.09. The van der Waals surface area contributed by atoms with Crippen molar-refractivity contribution in [3.8, 4) is 28.1 Å². The number of aromatic nitrogens is 3. The lowest BCUT2D eigenvalue weighted by Gasteiger charge is -2.39. The van der Waals surface area contributed by atoms with E-state index in [4.69, 9.17) is 4.74 Å². The van der Waals surface area contributed by atoms with Crippen molar-refractivity contribution in [2.75, 3.05) is 26.1 Å². The summed E-state index contributed by atoms with van der Waals surface area (Å²) in [4.78, 5) is 35.6. The Kier molecular flexibility index (Phi) is 5.60. The van der Waals surface area contributed by atoms with Crippen LogP contribution in [0.15, 0.2) is 41.6 Å². The molecule has 0 fully saturated rings. The van der Waals surface area contributed by atoms with Crippen LogP contribution in [0.2, 0.25) is 0 Å². The topological polar surface area (TPSA) is 77.3 Å². The predicted molar refractivity (Wildman–Crippen MR) is 130 cm³/mol. The zero-order valence-corrected chi connectivity index (χ0v) is 20.3. The Labute approximate surface area is 194 Å². The van der Waals surface area contributed by atoms with Crippen LogP contribution in [0.3, 0.4) is 0 Å². The fourth-order valence-electron chi connectivity index (χ4n) is 4.44. The van der Waals surface area contributed by atoms with E-state index < -0.39 is 0 Å². The van der Waals surface area contributed by atoms with E-state index in [-0.39, 0.29) is 28.2 Å². The van der Waals surface area contributed by atoms with Crippen LogP contribution >= 0.6 is 0 Å². The molecular formula is C26H30N4O3. The standard InChI is InChI=1S/C26H30N4O3/c1-15(31)20-14-30-21(11-22(20)32)18-10-23(33-7)19(8-16(18)9-24(30)26(2,3)4)17-12-27-25(28-13-17)29(5)6/h8,10-14,24H,9H2,1-7H3. The summed E-state index contributed by atoms with van der Waals surface area (Å²) >= 11 is 0. The average Bonchev–Trinajstić information content (AvgIpc) is 2.76. The van der Waals surface area contributed by atoms with Crippen molar-refractivity contribution < 1.29 is 9.53 Å². The molecule has 0 spiro atoms. The zero-order chi connectivity index (χ0) is 24.1. The molecule has 1 unspecified atom stereocenters. The number of carbonyl (C=O) groups is 1. The number of ketones is 1. The highest BCUT2D eigenvalue weighted by atomic mass is 16.5. The van der Waals surface area contributed by atoms with E-state index in [9.17, 15) is 9.59 Å². The Bertz CT molecular complexity index is 1280. The van der Waals surface area contributed by atoms with Crippen LogP contribution in [0.1, 0.15) is 49.7 Å². The molecule has 0 aliphatic carbocycles. The first-order chi connectivity index (χ1) is 15.5. The van der Waals surface area contributed by atoms with Gasteiger partial charge in [0.25, 0.3) is 0 Å². The third-order valence-electron chi connectivity index (χ3n) is 6.26. The van der Waals surface area contributed by atoms with E-state index in [0.717, 1.165) is 34.4 Å². The summed E-state index contributed by atoms with van der Waals surface area (Å²) < 4.78 is 7.83. The maximum Gasteiger partial charge on any atom is 0.224 e. The lowest BCUT2D eigenvalue weighted by Crippen LogP contribution is -2.32. The monoisotopic (exact) mass is 446 g/mol. The highest BCUT2D eigenvalue weighted by Crippen LogP contribution is 2.45. The fraction of sp³-hybridized carbons (Fsp3) is 0.385. The molecule has 0 amide bonds. The van der Waals surface area contributed by atoms with E-state index in [0.29, 0.717) is 11.7 Å². The lowest BCUT2D eigenvalue weighted by molar-refractivity contribution is 0.101. The number of benzene rings is 1. The summed E-state index contributed by atoms with van der Waals surface area (Å²) in [6, 6.07) is 5.75. The molecule has 0 radical (unpaired) electrons. The number of anilines is 1. The third kappa shape index (κ3) is 4.03. The Hall–Kier alpha value is -3.48. The smallest absolute Gasteiger partial charge is 0.224 e. The Morgan fingerprint density at radius 2 is 1.79 bits per heavy atom. The van der Waals surface area contributed by atoms with Gasteiger partial charge < -0.3 is 14.2 Å². The van der Waals surface area contributed by atoms with E-state index in [1.165, 1.54) is 6.92 Å². The molecule has 0 saturated heterocycles. The normalized spacial score (nSPS) is 14.9. The maximum atomic E-state index is 12.7. The SMILES string of the molecule is COc1cc2c(cc1-c1cnc(N(C)C)nc1)CC(C(C)(C)C)n1cc(C(C)=O)c(=O)cc1-2. The lowest BCUT2D eigenvalue weighted by atomic mass is 9.78. The van der Waals surface area contributed by atoms with Gasteiger partial charge in [0.1, 0.15) is 5.75 Å². The highest BCUT2D eigenvalue weighted by molar-refractivity contribution is 5.94. The summed E-state index contributed by atoms with van der Waals surface area (Å²) in [7, 11) is 5.43. The molecule has 1 aromatic carbocycles. The second kappa shape index (κ2) is 8.14. The van der Waals surface area contributed by atoms with Gasteiger partial charge >= 0.3 is 0 Å². The summed E-state index contributed by atoms with van der Waals surface area (Å²) in [6.45, 7) is 7.97. The Morgan fingerprint density at radius 1 is 1.12 bits per heavy atom. The molecular weight excluding hydrogens is 416 g/mol. The Morgan fingerprint density at radius 3 is 2.33 bits per heavy atom. The van der Waals surface area contributed by atoms with E-state index in [1.807, 2.05) is 25.1 Å². The quantitative estimate of drug-likeness (QED) is 0.553. The molecule has 0 saturated carbocycles. The minimum atomic E-state index is -0.259. The van der Waals surface area contributed by atoms with Gasteiger partial charge in [-0.15, -0.1) is 0 Å². The number of carbonyl (C=O) groups excluding carboxylic acids is 1. The number of methoxy groups -OCH3 is 1. The second-order valence-electron chi connectivity index (χ2n) is 9.86. The summed E-state index contributed by atoms with van der Waals surface area (Å²) in [5, 5.41) is 0. The number of hydrogen-bond donors (Lipinski definition) is 0. The molecule has 7 nitrogen and oxygen atoms in total. The minimum Gasteiger partial charge on any atom is -0.496 e. The van der Waals surface area contributed by atoms with Gasteiger partial charge in [0.05, 0.1) is 18.4 Å². The average molecular weight is 447 g/mol. The van der Waals surface area contributed by atoms with Crippen molar-refractivity contribution in [2.45, 2.75) is 40.2 Å². The van der Waals surface area contributed by atoms with Gasteiger partial charge in [-0.05, 0) is 36.5 Å². The van der Waals surface area contributed by atoms with Crippen LogP contribution in [-0.4, -0.2) is 41.5 Å². The summed E-state index contributed by atoms with van der Waals surface area (Å²) in [5.74, 6) is 1.10. The number of pyridine rings is 1. The van der Waals surface area contributed by atoms with Crippen LogP contribution in [0, 0.1) is 5.41 Å². The maximum absolute atomic E-state index is 12.7. The van der Waals surface area contributed by atoms with Crippen LogP contribution in [0.5, 0.6) is 5.75 Å². The van der Waals surface area contributed by atoms with E-state index >= 15 is 0 Å². The first-order valence-corrected chi connectivity index (χ1v) is 11.0. The predicted octanol–water partition coefficient (Wildman–Crippen LogP) is 4.39. The largest absolute Gasteiger partial charge is 0.496 e. The number of fused-ring (bicyclic) bond motifs is 3. The summed E-state index contributed by atoms with van der Waals surface area (Å²) in [5.41, 5.74) is 4.50. The first kappa shape index (κ1) is 22.7. The molecule has 4 rings (SSSR count). The second-order valence-corrected chi connectivity index (χ2v) is 9.86. The fourth-order valence-corrected chi connectivity index (χ4v) is 4.44. The molecule has 172 valence electrons. The van der Waals surface area contributed by atoms with Crippen molar-refractivity contribution in [3.05, 3.63) is 58.1 Å². The van der Waals surface area contributed by atoms with Crippen LogP contribution in [0.4, 0.5) is 5.95 Å². The first-order valence-electron chi connectivity index (χ1n) is 11.0. The number of hydrogen-bond acceptors (Lipinski definition) is 6. The molecule has 2 aromatic heterocycles. The number of Topliss-reactive ketones (excluding diaryl/α,β-unsaturated/α-hetero) is 1. The molecule has 1 atom stereocenters. The molecule has 3 aromatic rings. The van der Waals surface area contributed by atoms with Gasteiger partial charge in [0.15, 0.2) is 11.2 Å². The molecule has 1 aliphatic heterocycles. The molecule has 33 heavy (non-hydrogen) atoms. The van der Waals surface area contributed by atoms with Gasteiger partial charge in [0, 0.05) is 61.5 Å². The molecule has 0 bridgehead atoms. The van der Waals surface area contributed by atoms with Gasteiger partial charge in [-0.1, -0.05) is 20.8 Å². The molecule has 0 N–H and O–H groups in total. The number of ether oxygens (including phenoxy) is 1. The van der Waals surface area contributed by atoms with Crippen molar-refractivity contribution in [2.24, 2.45) is 5.41 Å². The Balaban J connectivity index is 1.94. The number of nitrogens with zero attached hydrogens (tertiary/aromatic N) is 4. The van der Waals surface area contributed by atoms with Gasteiger partial charge in [-0.2, -0.15) is 0 Å². The van der Waals surface area contributed by atoms with Crippen molar-refractivity contribution in [1.82, 2.24) is 14.5 Å². The molecule has 7 heteroatoms. The zero-order valence-electron chi connectivity index (χ0n) is 20.3. The van der Waals surface area contributed by atoms with Gasteiger partial charge in [-0.3, -0.25) is 9.59 Å². The molecule has 3 heterocycles. The van der Waals surface area contributed by atoms with Gasteiger partial charge in [0.2, 0.25) is 5.95 Å². The highest BCUT2D eigenvalue weighted by Gasteiger charge is 2.34. The van der Waals surface area contributed by atoms with Crippen LogP contribution in [-0.2, 0) is 6.42 Å². The van der Waals surface area contributed by atoms with Crippen molar-refractivity contribution >= 4 is 11.7 Å². The van der Waals surface area contributed by atoms with Crippen molar-refractivity contribution in [1.29, 1.82) is 0 Å². The van der Waals surface area contributed by atoms with Crippen LogP contribution < -0.4 is 15.1 Å². The van der Waals surface area contributed by atoms with E-state index in [1.54, 1.807) is 31.8 Å². The van der Waals surface area contributed by atoms with E-state index in [2.05, 4.69) is 41.4 Å².